The summed E-state index contributed by atoms with van der Waals surface area (Å²) in [7, 11) is -0.370. The summed E-state index contributed by atoms with van der Waals surface area (Å²) in [6, 6.07) is 7.28. The Balaban J connectivity index is 3.12. The normalized spacial score (nSPS) is 11.8. The van der Waals surface area contributed by atoms with Crippen molar-refractivity contribution in [2.24, 2.45) is 5.73 Å². The first-order valence-corrected chi connectivity index (χ1v) is 7.32. The van der Waals surface area contributed by atoms with Gasteiger partial charge in [0.25, 0.3) is 0 Å². The summed E-state index contributed by atoms with van der Waals surface area (Å²) in [5, 5.41) is 0. The van der Waals surface area contributed by atoms with E-state index in [2.05, 4.69) is 0 Å². The zero-order chi connectivity index (χ0) is 13.8. The zero-order valence-corrected chi connectivity index (χ0v) is 11.9. The first-order valence-electron chi connectivity index (χ1n) is 5.92. The van der Waals surface area contributed by atoms with Gasteiger partial charge in [0.05, 0.1) is 5.69 Å². The van der Waals surface area contributed by atoms with E-state index < -0.39 is 10.2 Å². The van der Waals surface area contributed by atoms with Crippen molar-refractivity contribution in [3.8, 4) is 0 Å². The molecule has 0 aromatic heterocycles. The Labute approximate surface area is 109 Å². The van der Waals surface area contributed by atoms with Crippen molar-refractivity contribution in [2.75, 3.05) is 24.9 Å². The van der Waals surface area contributed by atoms with Gasteiger partial charge in [0.1, 0.15) is 0 Å². The Bertz CT molecular complexity index is 469. The fraction of sp³-hybridized carbons (Fsp3) is 0.500. The Kier molecular flexibility index (Phi) is 5.13. The van der Waals surface area contributed by atoms with E-state index in [1.807, 2.05) is 19.1 Å². The van der Waals surface area contributed by atoms with Crippen molar-refractivity contribution in [1.29, 1.82) is 0 Å². The Morgan fingerprint density at radius 2 is 1.72 bits per heavy atom. The van der Waals surface area contributed by atoms with E-state index in [4.69, 9.17) is 5.73 Å². The highest BCUT2D eigenvalue weighted by Crippen LogP contribution is 2.20. The van der Waals surface area contributed by atoms with Crippen molar-refractivity contribution in [2.45, 2.75) is 19.9 Å². The maximum atomic E-state index is 12.2. The van der Waals surface area contributed by atoms with Gasteiger partial charge < -0.3 is 5.73 Å². The van der Waals surface area contributed by atoms with Gasteiger partial charge in [0.15, 0.2) is 0 Å². The molecule has 5 nitrogen and oxygen atoms in total. The standard InChI is InChI=1S/C12H21N3O2S/c1-4-9-15(18(16,17)14(2)3)12-7-5-11(10-13)6-8-12/h5-8H,4,9-10,13H2,1-3H3. The van der Waals surface area contributed by atoms with Crippen LogP contribution in [0.3, 0.4) is 0 Å². The minimum Gasteiger partial charge on any atom is -0.326 e. The monoisotopic (exact) mass is 271 g/mol. The molecule has 0 unspecified atom stereocenters. The summed E-state index contributed by atoms with van der Waals surface area (Å²) in [4.78, 5) is 0. The molecule has 0 atom stereocenters. The predicted octanol–water partition coefficient (Wildman–Crippen LogP) is 1.17. The molecule has 6 heteroatoms. The first kappa shape index (κ1) is 14.9. The summed E-state index contributed by atoms with van der Waals surface area (Å²) in [6.07, 6.45) is 0.756. The molecule has 0 amide bonds. The Morgan fingerprint density at radius 1 is 1.17 bits per heavy atom. The molecule has 0 aliphatic rings. The molecule has 0 spiro atoms. The van der Waals surface area contributed by atoms with Crippen LogP contribution < -0.4 is 10.0 Å². The topological polar surface area (TPSA) is 66.6 Å². The van der Waals surface area contributed by atoms with Crippen LogP contribution in [-0.2, 0) is 16.8 Å². The zero-order valence-electron chi connectivity index (χ0n) is 11.1. The van der Waals surface area contributed by atoms with Crippen LogP contribution in [0.5, 0.6) is 0 Å². The average Bonchev–Trinajstić information content (AvgIpc) is 2.35. The second-order valence-electron chi connectivity index (χ2n) is 4.23. The number of rotatable bonds is 6. The van der Waals surface area contributed by atoms with Gasteiger partial charge in [-0.3, -0.25) is 4.31 Å². The Hall–Kier alpha value is -1.11. The van der Waals surface area contributed by atoms with Gasteiger partial charge in [-0.05, 0) is 24.1 Å². The number of benzene rings is 1. The lowest BCUT2D eigenvalue weighted by Gasteiger charge is -2.27. The third-order valence-corrected chi connectivity index (χ3v) is 4.50. The molecule has 1 rings (SSSR count). The minimum atomic E-state index is -3.44. The molecule has 2 N–H and O–H groups in total. The van der Waals surface area contributed by atoms with Gasteiger partial charge in [-0.15, -0.1) is 0 Å². The predicted molar refractivity (Wildman–Crippen MR) is 74.6 cm³/mol. The van der Waals surface area contributed by atoms with Crippen molar-refractivity contribution in [3.05, 3.63) is 29.8 Å². The molecule has 0 saturated heterocycles. The van der Waals surface area contributed by atoms with Gasteiger partial charge in [0.2, 0.25) is 0 Å². The molecule has 18 heavy (non-hydrogen) atoms. The fourth-order valence-corrected chi connectivity index (χ4v) is 2.77. The molecule has 1 aromatic carbocycles. The van der Waals surface area contributed by atoms with E-state index in [-0.39, 0.29) is 0 Å². The molecule has 0 heterocycles. The maximum Gasteiger partial charge on any atom is 0.303 e. The van der Waals surface area contributed by atoms with Crippen molar-refractivity contribution >= 4 is 15.9 Å². The van der Waals surface area contributed by atoms with E-state index in [9.17, 15) is 8.42 Å². The number of hydrogen-bond acceptors (Lipinski definition) is 3. The van der Waals surface area contributed by atoms with Gasteiger partial charge >= 0.3 is 10.2 Å². The van der Waals surface area contributed by atoms with Gasteiger partial charge in [-0.2, -0.15) is 12.7 Å². The molecule has 0 aliphatic heterocycles. The van der Waals surface area contributed by atoms with Gasteiger partial charge in [0, 0.05) is 27.2 Å². The van der Waals surface area contributed by atoms with Crippen molar-refractivity contribution < 1.29 is 8.42 Å². The van der Waals surface area contributed by atoms with E-state index >= 15 is 0 Å². The van der Waals surface area contributed by atoms with Crippen LogP contribution in [0.15, 0.2) is 24.3 Å². The van der Waals surface area contributed by atoms with Crippen LogP contribution in [0.25, 0.3) is 0 Å². The number of nitrogens with zero attached hydrogens (tertiary/aromatic N) is 2. The van der Waals surface area contributed by atoms with Crippen LogP contribution >= 0.6 is 0 Å². The summed E-state index contributed by atoms with van der Waals surface area (Å²) in [6.45, 7) is 2.86. The number of anilines is 1. The van der Waals surface area contributed by atoms with Crippen LogP contribution in [0, 0.1) is 0 Å². The Morgan fingerprint density at radius 3 is 2.11 bits per heavy atom. The van der Waals surface area contributed by atoms with Crippen LogP contribution in [-0.4, -0.2) is 33.4 Å². The molecule has 0 fully saturated rings. The highest BCUT2D eigenvalue weighted by Gasteiger charge is 2.23. The van der Waals surface area contributed by atoms with E-state index in [0.29, 0.717) is 18.8 Å². The first-order chi connectivity index (χ1) is 8.43. The van der Waals surface area contributed by atoms with Crippen LogP contribution in [0.4, 0.5) is 5.69 Å². The lowest BCUT2D eigenvalue weighted by molar-refractivity contribution is 0.515. The number of nitrogens with two attached hydrogens (primary N) is 1. The smallest absolute Gasteiger partial charge is 0.303 e. The van der Waals surface area contributed by atoms with E-state index in [1.165, 1.54) is 22.7 Å². The molecular formula is C12H21N3O2S. The molecule has 0 aliphatic carbocycles. The van der Waals surface area contributed by atoms with Crippen LogP contribution in [0.1, 0.15) is 18.9 Å². The average molecular weight is 271 g/mol. The summed E-state index contributed by atoms with van der Waals surface area (Å²) in [5.74, 6) is 0. The molecule has 0 bridgehead atoms. The lowest BCUT2D eigenvalue weighted by Crippen LogP contribution is -2.40. The molecule has 1 aromatic rings. The van der Waals surface area contributed by atoms with Crippen LogP contribution in [0.2, 0.25) is 0 Å². The third kappa shape index (κ3) is 3.22. The largest absolute Gasteiger partial charge is 0.326 e. The van der Waals surface area contributed by atoms with Gasteiger partial charge in [-0.25, -0.2) is 0 Å². The summed E-state index contributed by atoms with van der Waals surface area (Å²) >= 11 is 0. The second kappa shape index (κ2) is 6.17. The summed E-state index contributed by atoms with van der Waals surface area (Å²) in [5.41, 5.74) is 7.18. The van der Waals surface area contributed by atoms with Crippen molar-refractivity contribution in [1.82, 2.24) is 4.31 Å². The van der Waals surface area contributed by atoms with E-state index in [0.717, 1.165) is 12.0 Å². The lowest BCUT2D eigenvalue weighted by atomic mass is 10.2. The minimum absolute atomic E-state index is 0.453. The molecular weight excluding hydrogens is 250 g/mol. The quantitative estimate of drug-likeness (QED) is 0.844. The van der Waals surface area contributed by atoms with Gasteiger partial charge in [-0.1, -0.05) is 19.1 Å². The van der Waals surface area contributed by atoms with Crippen molar-refractivity contribution in [3.63, 3.8) is 0 Å². The molecule has 0 saturated carbocycles. The second-order valence-corrected chi connectivity index (χ2v) is 6.30. The fourth-order valence-electron chi connectivity index (χ4n) is 1.58. The summed E-state index contributed by atoms with van der Waals surface area (Å²) < 4.78 is 27.0. The maximum absolute atomic E-state index is 12.2. The highest BCUT2D eigenvalue weighted by molar-refractivity contribution is 7.90. The number of hydrogen-bond donors (Lipinski definition) is 1. The highest BCUT2D eigenvalue weighted by atomic mass is 32.2. The SMILES string of the molecule is CCCN(c1ccc(CN)cc1)S(=O)(=O)N(C)C. The molecule has 102 valence electrons. The van der Waals surface area contributed by atoms with E-state index in [1.54, 1.807) is 12.1 Å². The third-order valence-electron chi connectivity index (χ3n) is 2.63. The molecule has 0 radical (unpaired) electrons.